The Kier molecular flexibility index (Phi) is 4.66. The molecule has 1 aromatic rings. The topological polar surface area (TPSA) is 63.4 Å². The molecule has 1 aromatic carbocycles. The molecule has 20 heavy (non-hydrogen) atoms. The van der Waals surface area contributed by atoms with Crippen LogP contribution in [0.4, 0.5) is 0 Å². The van der Waals surface area contributed by atoms with Crippen molar-refractivity contribution >= 4 is 33.2 Å². The summed E-state index contributed by atoms with van der Waals surface area (Å²) in [5.41, 5.74) is 6.13. The van der Waals surface area contributed by atoms with E-state index in [1.807, 2.05) is 0 Å². The molecule has 0 spiro atoms. The van der Waals surface area contributed by atoms with Gasteiger partial charge in [0, 0.05) is 25.2 Å². The fourth-order valence-electron chi connectivity index (χ4n) is 2.18. The van der Waals surface area contributed by atoms with Gasteiger partial charge in [0.15, 0.2) is 0 Å². The fourth-order valence-corrected chi connectivity index (χ4v) is 4.25. The van der Waals surface area contributed by atoms with Gasteiger partial charge < -0.3 is 5.73 Å². The average molecular weight is 337 g/mol. The Hall–Kier alpha value is -0.330. The lowest BCUT2D eigenvalue weighted by molar-refractivity contribution is 0.444. The van der Waals surface area contributed by atoms with E-state index in [-0.39, 0.29) is 16.5 Å². The van der Waals surface area contributed by atoms with E-state index in [1.165, 1.54) is 16.4 Å². The third-order valence-electron chi connectivity index (χ3n) is 3.78. The van der Waals surface area contributed by atoms with E-state index in [4.69, 9.17) is 28.9 Å². The molecule has 1 fully saturated rings. The smallest absolute Gasteiger partial charge is 0.244 e. The van der Waals surface area contributed by atoms with E-state index in [2.05, 4.69) is 6.92 Å². The zero-order valence-corrected chi connectivity index (χ0v) is 13.8. The van der Waals surface area contributed by atoms with Gasteiger partial charge in [0.1, 0.15) is 4.90 Å². The normalized spacial score (nSPS) is 22.3. The lowest BCUT2D eigenvalue weighted by atomic mass is 10.2. The summed E-state index contributed by atoms with van der Waals surface area (Å²) in [4.78, 5) is 0.0693. The Labute approximate surface area is 129 Å². The fraction of sp³-hybridized carbons (Fsp3) is 0.538. The number of nitrogens with zero attached hydrogens (tertiary/aromatic N) is 1. The molecule has 1 aliphatic carbocycles. The quantitative estimate of drug-likeness (QED) is 0.899. The molecule has 0 radical (unpaired) electrons. The van der Waals surface area contributed by atoms with Gasteiger partial charge in [0.25, 0.3) is 0 Å². The van der Waals surface area contributed by atoms with Crippen molar-refractivity contribution in [2.24, 2.45) is 17.6 Å². The first kappa shape index (κ1) is 16.0. The van der Waals surface area contributed by atoms with Crippen LogP contribution in [0.3, 0.4) is 0 Å². The second-order valence-corrected chi connectivity index (χ2v) is 8.16. The minimum absolute atomic E-state index is 0.0693. The summed E-state index contributed by atoms with van der Waals surface area (Å²) in [7, 11) is -2.03. The van der Waals surface area contributed by atoms with Crippen LogP contribution in [0.1, 0.15) is 18.9 Å². The molecule has 2 rings (SSSR count). The van der Waals surface area contributed by atoms with Crippen LogP contribution in [-0.2, 0) is 16.6 Å². The molecular formula is C13H18Cl2N2O2S. The molecule has 0 heterocycles. The molecule has 0 aromatic heterocycles. The number of nitrogens with two attached hydrogens (primary N) is 1. The van der Waals surface area contributed by atoms with Gasteiger partial charge in [0.05, 0.1) is 5.02 Å². The summed E-state index contributed by atoms with van der Waals surface area (Å²) < 4.78 is 26.5. The highest BCUT2D eigenvalue weighted by atomic mass is 35.5. The summed E-state index contributed by atoms with van der Waals surface area (Å²) in [6.07, 6.45) is 1.07. The van der Waals surface area contributed by atoms with Crippen LogP contribution in [0.15, 0.2) is 17.0 Å². The standard InChI is InChI=1S/C13H18Cl2N2O2S/c1-8-3-10(8)7-17(2)20(18,19)13-4-9(6-16)11(14)5-12(13)15/h4-5,8,10H,3,6-7,16H2,1-2H3. The van der Waals surface area contributed by atoms with Crippen LogP contribution in [0.25, 0.3) is 0 Å². The van der Waals surface area contributed by atoms with Crippen LogP contribution >= 0.6 is 23.2 Å². The van der Waals surface area contributed by atoms with Crippen molar-refractivity contribution in [1.82, 2.24) is 4.31 Å². The Morgan fingerprint density at radius 3 is 2.45 bits per heavy atom. The van der Waals surface area contributed by atoms with Crippen LogP contribution in [0.2, 0.25) is 10.0 Å². The van der Waals surface area contributed by atoms with Gasteiger partial charge in [-0.1, -0.05) is 30.1 Å². The summed E-state index contributed by atoms with van der Waals surface area (Å²) in [5.74, 6) is 1.03. The van der Waals surface area contributed by atoms with Gasteiger partial charge in [-0.3, -0.25) is 0 Å². The van der Waals surface area contributed by atoms with Crippen LogP contribution in [0.5, 0.6) is 0 Å². The largest absolute Gasteiger partial charge is 0.326 e. The maximum atomic E-state index is 12.6. The molecule has 4 nitrogen and oxygen atoms in total. The highest BCUT2D eigenvalue weighted by Gasteiger charge is 2.36. The van der Waals surface area contributed by atoms with Crippen molar-refractivity contribution in [2.45, 2.75) is 24.8 Å². The zero-order chi connectivity index (χ0) is 15.1. The van der Waals surface area contributed by atoms with Gasteiger partial charge in [-0.05, 0) is 36.0 Å². The Balaban J connectivity index is 2.33. The zero-order valence-electron chi connectivity index (χ0n) is 11.4. The number of hydrogen-bond acceptors (Lipinski definition) is 3. The van der Waals surface area contributed by atoms with Crippen molar-refractivity contribution in [2.75, 3.05) is 13.6 Å². The van der Waals surface area contributed by atoms with Gasteiger partial charge in [0.2, 0.25) is 10.0 Å². The van der Waals surface area contributed by atoms with E-state index < -0.39 is 10.0 Å². The summed E-state index contributed by atoms with van der Waals surface area (Å²) in [6.45, 7) is 2.80. The van der Waals surface area contributed by atoms with E-state index in [0.717, 1.165) is 6.42 Å². The van der Waals surface area contributed by atoms with Crippen molar-refractivity contribution in [3.63, 3.8) is 0 Å². The molecule has 0 saturated heterocycles. The number of halogens is 2. The monoisotopic (exact) mass is 336 g/mol. The minimum Gasteiger partial charge on any atom is -0.326 e. The average Bonchev–Trinajstić information content (AvgIpc) is 3.04. The highest BCUT2D eigenvalue weighted by molar-refractivity contribution is 7.89. The SMILES string of the molecule is CC1CC1CN(C)S(=O)(=O)c1cc(CN)c(Cl)cc1Cl. The van der Waals surface area contributed by atoms with Crippen LogP contribution in [-0.4, -0.2) is 26.3 Å². The Bertz CT molecular complexity index is 619. The summed E-state index contributed by atoms with van der Waals surface area (Å²) >= 11 is 12.0. The third kappa shape index (κ3) is 3.12. The predicted molar refractivity (Wildman–Crippen MR) is 81.4 cm³/mol. The molecule has 112 valence electrons. The molecule has 7 heteroatoms. The first-order valence-corrected chi connectivity index (χ1v) is 8.61. The molecule has 2 N–H and O–H groups in total. The number of rotatable bonds is 5. The molecule has 0 aliphatic heterocycles. The van der Waals surface area contributed by atoms with Crippen molar-refractivity contribution in [3.8, 4) is 0 Å². The predicted octanol–water partition coefficient (Wildman–Crippen LogP) is 2.73. The van der Waals surface area contributed by atoms with E-state index in [0.29, 0.717) is 29.0 Å². The van der Waals surface area contributed by atoms with Crippen molar-refractivity contribution < 1.29 is 8.42 Å². The van der Waals surface area contributed by atoms with Crippen LogP contribution in [0, 0.1) is 11.8 Å². The van der Waals surface area contributed by atoms with Gasteiger partial charge >= 0.3 is 0 Å². The number of benzene rings is 1. The summed E-state index contributed by atoms with van der Waals surface area (Å²) in [6, 6.07) is 2.90. The third-order valence-corrected chi connectivity index (χ3v) is 6.42. The highest BCUT2D eigenvalue weighted by Crippen LogP contribution is 2.39. The first-order chi connectivity index (χ1) is 9.27. The molecular weight excluding hydrogens is 319 g/mol. The van der Waals surface area contributed by atoms with Crippen molar-refractivity contribution in [3.05, 3.63) is 27.7 Å². The van der Waals surface area contributed by atoms with Gasteiger partial charge in [-0.15, -0.1) is 0 Å². The molecule has 1 saturated carbocycles. The first-order valence-electron chi connectivity index (χ1n) is 6.41. The van der Waals surface area contributed by atoms with E-state index in [1.54, 1.807) is 7.05 Å². The van der Waals surface area contributed by atoms with Gasteiger partial charge in [-0.25, -0.2) is 12.7 Å². The minimum atomic E-state index is -3.61. The molecule has 2 atom stereocenters. The van der Waals surface area contributed by atoms with E-state index in [9.17, 15) is 8.42 Å². The second kappa shape index (κ2) is 5.81. The summed E-state index contributed by atoms with van der Waals surface area (Å²) in [5, 5.41) is 0.512. The maximum absolute atomic E-state index is 12.6. The maximum Gasteiger partial charge on any atom is 0.244 e. The lowest BCUT2D eigenvalue weighted by Gasteiger charge is -2.19. The van der Waals surface area contributed by atoms with Crippen LogP contribution < -0.4 is 5.73 Å². The molecule has 2 unspecified atom stereocenters. The molecule has 1 aliphatic rings. The Morgan fingerprint density at radius 1 is 1.35 bits per heavy atom. The molecule has 0 bridgehead atoms. The van der Waals surface area contributed by atoms with E-state index >= 15 is 0 Å². The second-order valence-electron chi connectivity index (χ2n) is 5.34. The number of hydrogen-bond donors (Lipinski definition) is 1. The number of sulfonamides is 1. The van der Waals surface area contributed by atoms with Gasteiger partial charge in [-0.2, -0.15) is 0 Å². The lowest BCUT2D eigenvalue weighted by Crippen LogP contribution is -2.29. The molecule has 0 amide bonds. The van der Waals surface area contributed by atoms with Crippen molar-refractivity contribution in [1.29, 1.82) is 0 Å². The Morgan fingerprint density at radius 2 is 1.95 bits per heavy atom.